The average molecular weight is 370 g/mol. The van der Waals surface area contributed by atoms with Crippen molar-refractivity contribution in [2.24, 2.45) is 5.73 Å². The maximum absolute atomic E-state index is 6.15. The lowest BCUT2D eigenvalue weighted by Crippen LogP contribution is -2.44. The molecule has 1 fully saturated rings. The Labute approximate surface area is 161 Å². The van der Waals surface area contributed by atoms with Crippen molar-refractivity contribution in [1.29, 1.82) is 0 Å². The van der Waals surface area contributed by atoms with Gasteiger partial charge in [0.25, 0.3) is 0 Å². The van der Waals surface area contributed by atoms with Crippen LogP contribution in [0.5, 0.6) is 5.75 Å². The van der Waals surface area contributed by atoms with Crippen molar-refractivity contribution in [3.05, 3.63) is 41.2 Å². The summed E-state index contributed by atoms with van der Waals surface area (Å²) in [5.74, 6) is 0.970. The van der Waals surface area contributed by atoms with Crippen molar-refractivity contribution < 1.29 is 4.74 Å². The first-order chi connectivity index (χ1) is 12.9. The molecule has 1 aliphatic heterocycles. The van der Waals surface area contributed by atoms with Crippen LogP contribution in [-0.4, -0.2) is 46.1 Å². The summed E-state index contributed by atoms with van der Waals surface area (Å²) < 4.78 is 7.44. The molecule has 1 saturated heterocycles. The predicted molar refractivity (Wildman–Crippen MR) is 106 cm³/mol. The molecule has 0 bridgehead atoms. The molecular formula is C21H31N5O. The summed E-state index contributed by atoms with van der Waals surface area (Å²) in [4.78, 5) is 2.67. The van der Waals surface area contributed by atoms with E-state index in [1.807, 2.05) is 24.7 Å². The quantitative estimate of drug-likeness (QED) is 0.897. The molecule has 1 aliphatic carbocycles. The molecule has 0 spiro atoms. The van der Waals surface area contributed by atoms with Crippen LogP contribution in [0.1, 0.15) is 56.0 Å². The SMILES string of the molecule is COc1ccc2c(c1)CC(N1CCC(n3cc(C(C)(C)N)nn3)CC1)CC2. The minimum atomic E-state index is -0.435. The van der Waals surface area contributed by atoms with Gasteiger partial charge in [0.05, 0.1) is 24.9 Å². The Bertz CT molecular complexity index is 786. The van der Waals surface area contributed by atoms with Crippen LogP contribution in [0.25, 0.3) is 0 Å². The van der Waals surface area contributed by atoms with Crippen LogP contribution in [0.2, 0.25) is 0 Å². The lowest BCUT2D eigenvalue weighted by atomic mass is 9.86. The van der Waals surface area contributed by atoms with E-state index in [1.54, 1.807) is 7.11 Å². The number of methoxy groups -OCH3 is 1. The smallest absolute Gasteiger partial charge is 0.119 e. The van der Waals surface area contributed by atoms with E-state index >= 15 is 0 Å². The Morgan fingerprint density at radius 1 is 1.11 bits per heavy atom. The monoisotopic (exact) mass is 369 g/mol. The molecule has 6 heteroatoms. The zero-order valence-corrected chi connectivity index (χ0v) is 16.7. The number of benzene rings is 1. The first-order valence-corrected chi connectivity index (χ1v) is 10.0. The van der Waals surface area contributed by atoms with Crippen molar-refractivity contribution in [3.8, 4) is 5.75 Å². The van der Waals surface area contributed by atoms with Crippen molar-refractivity contribution >= 4 is 0 Å². The number of aryl methyl sites for hydroxylation is 1. The topological polar surface area (TPSA) is 69.2 Å². The van der Waals surface area contributed by atoms with E-state index in [9.17, 15) is 0 Å². The summed E-state index contributed by atoms with van der Waals surface area (Å²) in [5.41, 5.74) is 9.52. The number of nitrogens with two attached hydrogens (primary N) is 1. The van der Waals surface area contributed by atoms with Gasteiger partial charge in [-0.3, -0.25) is 4.90 Å². The molecule has 1 aromatic carbocycles. The van der Waals surface area contributed by atoms with Gasteiger partial charge >= 0.3 is 0 Å². The highest BCUT2D eigenvalue weighted by Gasteiger charge is 2.30. The van der Waals surface area contributed by atoms with Gasteiger partial charge in [-0.2, -0.15) is 0 Å². The van der Waals surface area contributed by atoms with Gasteiger partial charge in [0, 0.05) is 19.1 Å². The molecule has 0 radical (unpaired) electrons. The molecule has 2 heterocycles. The summed E-state index contributed by atoms with van der Waals surface area (Å²) in [6.45, 7) is 6.19. The molecule has 2 N–H and O–H groups in total. The van der Waals surface area contributed by atoms with Crippen LogP contribution in [-0.2, 0) is 18.4 Å². The molecule has 4 rings (SSSR count). The molecular weight excluding hydrogens is 338 g/mol. The summed E-state index contributed by atoms with van der Waals surface area (Å²) in [5, 5.41) is 8.62. The molecule has 6 nitrogen and oxygen atoms in total. The van der Waals surface area contributed by atoms with Crippen LogP contribution in [0.3, 0.4) is 0 Å². The van der Waals surface area contributed by atoms with Crippen LogP contribution in [0.4, 0.5) is 0 Å². The standard InChI is InChI=1S/C21H31N5O/c1-21(2,22)20-14-26(24-23-20)17-8-10-25(11-9-17)18-6-4-15-5-7-19(27-3)13-16(15)12-18/h5,7,13-14,17-18H,4,6,8-12,22H2,1-3H3. The molecule has 0 saturated carbocycles. The van der Waals surface area contributed by atoms with Crippen molar-refractivity contribution in [2.45, 2.75) is 63.6 Å². The van der Waals surface area contributed by atoms with Crippen molar-refractivity contribution in [3.63, 3.8) is 0 Å². The maximum atomic E-state index is 6.15. The summed E-state index contributed by atoms with van der Waals surface area (Å²) in [6.07, 6.45) is 7.82. The average Bonchev–Trinajstić information content (AvgIpc) is 3.18. The predicted octanol–water partition coefficient (Wildman–Crippen LogP) is 2.67. The van der Waals surface area contributed by atoms with Crippen LogP contribution in [0.15, 0.2) is 24.4 Å². The molecule has 146 valence electrons. The minimum Gasteiger partial charge on any atom is -0.497 e. The molecule has 1 atom stereocenters. The van der Waals surface area contributed by atoms with Crippen molar-refractivity contribution in [2.75, 3.05) is 20.2 Å². The molecule has 2 aliphatic rings. The number of rotatable bonds is 4. The Hall–Kier alpha value is -1.92. The fourth-order valence-electron chi connectivity index (χ4n) is 4.42. The van der Waals surface area contributed by atoms with E-state index < -0.39 is 5.54 Å². The van der Waals surface area contributed by atoms with Gasteiger partial charge < -0.3 is 10.5 Å². The van der Waals surface area contributed by atoms with Crippen molar-refractivity contribution in [1.82, 2.24) is 19.9 Å². The van der Waals surface area contributed by atoms with Gasteiger partial charge in [-0.15, -0.1) is 5.10 Å². The fourth-order valence-corrected chi connectivity index (χ4v) is 4.42. The first kappa shape index (κ1) is 18.4. The second kappa shape index (κ2) is 7.24. The Morgan fingerprint density at radius 2 is 1.89 bits per heavy atom. The number of aromatic nitrogens is 3. The normalized spacial score (nSPS) is 21.9. The molecule has 1 aromatic heterocycles. The first-order valence-electron chi connectivity index (χ1n) is 10.0. The highest BCUT2D eigenvalue weighted by atomic mass is 16.5. The number of fused-ring (bicyclic) bond motifs is 1. The Kier molecular flexibility index (Phi) is 4.95. The van der Waals surface area contributed by atoms with E-state index in [0.29, 0.717) is 12.1 Å². The third-order valence-corrected chi connectivity index (χ3v) is 6.18. The summed E-state index contributed by atoms with van der Waals surface area (Å²) >= 11 is 0. The number of piperidine rings is 1. The number of nitrogens with zero attached hydrogens (tertiary/aromatic N) is 4. The number of hydrogen-bond acceptors (Lipinski definition) is 5. The van der Waals surface area contributed by atoms with E-state index in [1.165, 1.54) is 24.0 Å². The second-order valence-electron chi connectivity index (χ2n) is 8.60. The van der Waals surface area contributed by atoms with E-state index in [0.717, 1.165) is 43.8 Å². The second-order valence-corrected chi connectivity index (χ2v) is 8.60. The number of likely N-dealkylation sites (tertiary alicyclic amines) is 1. The Balaban J connectivity index is 1.37. The number of hydrogen-bond donors (Lipinski definition) is 1. The highest BCUT2D eigenvalue weighted by molar-refractivity contribution is 5.38. The molecule has 1 unspecified atom stereocenters. The largest absolute Gasteiger partial charge is 0.497 e. The van der Waals surface area contributed by atoms with Crippen LogP contribution in [0, 0.1) is 0 Å². The third-order valence-electron chi connectivity index (χ3n) is 6.18. The van der Waals surface area contributed by atoms with E-state index in [4.69, 9.17) is 10.5 Å². The Morgan fingerprint density at radius 3 is 2.56 bits per heavy atom. The lowest BCUT2D eigenvalue weighted by molar-refractivity contribution is 0.120. The highest BCUT2D eigenvalue weighted by Crippen LogP contribution is 2.31. The van der Waals surface area contributed by atoms with Gasteiger partial charge in [0.15, 0.2) is 0 Å². The zero-order chi connectivity index (χ0) is 19.0. The van der Waals surface area contributed by atoms with Gasteiger partial charge in [0.2, 0.25) is 0 Å². The van der Waals surface area contributed by atoms with Gasteiger partial charge in [-0.1, -0.05) is 11.3 Å². The fraction of sp³-hybridized carbons (Fsp3) is 0.619. The molecule has 27 heavy (non-hydrogen) atoms. The zero-order valence-electron chi connectivity index (χ0n) is 16.7. The van der Waals surface area contributed by atoms with E-state index in [-0.39, 0.29) is 0 Å². The minimum absolute atomic E-state index is 0.431. The van der Waals surface area contributed by atoms with Gasteiger partial charge in [-0.05, 0) is 69.2 Å². The third kappa shape index (κ3) is 3.87. The molecule has 2 aromatic rings. The summed E-state index contributed by atoms with van der Waals surface area (Å²) in [7, 11) is 1.74. The lowest BCUT2D eigenvalue weighted by Gasteiger charge is -2.39. The number of ether oxygens (including phenoxy) is 1. The van der Waals surface area contributed by atoms with Gasteiger partial charge in [-0.25, -0.2) is 4.68 Å². The summed E-state index contributed by atoms with van der Waals surface area (Å²) in [6, 6.07) is 7.61. The van der Waals surface area contributed by atoms with Crippen LogP contribution < -0.4 is 10.5 Å². The van der Waals surface area contributed by atoms with Crippen LogP contribution >= 0.6 is 0 Å². The van der Waals surface area contributed by atoms with Gasteiger partial charge in [0.1, 0.15) is 11.4 Å². The maximum Gasteiger partial charge on any atom is 0.119 e. The molecule has 0 amide bonds. The van der Waals surface area contributed by atoms with E-state index in [2.05, 4.69) is 33.4 Å².